The van der Waals surface area contributed by atoms with Gasteiger partial charge in [0.25, 0.3) is 0 Å². The number of fused-ring (bicyclic) bond motifs is 12. The molecule has 4 nitrogen and oxygen atoms in total. The molecule has 4 heterocycles. The van der Waals surface area contributed by atoms with E-state index in [0.717, 1.165) is 34.1 Å². The number of hydrogen-bond acceptors (Lipinski definition) is 2. The zero-order valence-electron chi connectivity index (χ0n) is 46.5. The van der Waals surface area contributed by atoms with Crippen LogP contribution in [-0.4, -0.2) is 8.80 Å². The van der Waals surface area contributed by atoms with Gasteiger partial charge in [0, 0.05) is 65.6 Å². The van der Waals surface area contributed by atoms with Crippen molar-refractivity contribution in [2.75, 3.05) is 9.80 Å². The van der Waals surface area contributed by atoms with Gasteiger partial charge in [-0.05, 0) is 119 Å². The van der Waals surface area contributed by atoms with E-state index >= 15 is 0 Å². The molecule has 17 rings (SSSR count). The Morgan fingerprint density at radius 3 is 1.02 bits per heavy atom. The molecule has 0 atom stereocenters. The van der Waals surface area contributed by atoms with E-state index in [-0.39, 0.29) is 0 Å². The predicted octanol–water partition coefficient (Wildman–Crippen LogP) is 22.2. The fourth-order valence-electron chi connectivity index (χ4n) is 14.1. The van der Waals surface area contributed by atoms with Crippen LogP contribution in [0.25, 0.3) is 121 Å². The van der Waals surface area contributed by atoms with Crippen molar-refractivity contribution in [3.8, 4) is 44.5 Å². The van der Waals surface area contributed by atoms with Crippen molar-refractivity contribution in [1.82, 2.24) is 8.80 Å². The molecule has 0 N–H and O–H groups in total. The smallest absolute Gasteiger partial charge is 0.0641 e. The van der Waals surface area contributed by atoms with Gasteiger partial charge in [-0.2, -0.15) is 0 Å². The van der Waals surface area contributed by atoms with E-state index in [1.54, 1.807) is 0 Å². The van der Waals surface area contributed by atoms with Gasteiger partial charge < -0.3 is 18.6 Å². The molecule has 0 aliphatic rings. The number of hydrogen-bond donors (Lipinski definition) is 0. The second-order valence-electron chi connectivity index (χ2n) is 22.5. The number of para-hydroxylation sites is 4. The first kappa shape index (κ1) is 47.8. The van der Waals surface area contributed by atoms with Gasteiger partial charge in [-0.25, -0.2) is 0 Å². The maximum Gasteiger partial charge on any atom is 0.0641 e. The molecule has 0 aliphatic heterocycles. The Morgan fingerprint density at radius 2 is 0.607 bits per heavy atom. The van der Waals surface area contributed by atoms with Crippen LogP contribution in [-0.2, 0) is 0 Å². The van der Waals surface area contributed by atoms with Crippen molar-refractivity contribution < 1.29 is 0 Å². The topological polar surface area (TPSA) is 15.3 Å². The summed E-state index contributed by atoms with van der Waals surface area (Å²) in [5.74, 6) is 0. The van der Waals surface area contributed by atoms with Crippen molar-refractivity contribution >= 4 is 110 Å². The normalized spacial score (nSPS) is 11.9. The standard InChI is InChI=1S/C80H54N4/c1-51-23-19-39-61(55-29-11-5-12-30-55)77(51)81(59-35-21-33-57(47-59)53-25-7-3-8-26-53)71-45-43-63-67-49-74-68(50-73(67)83-69-41-17-15-37-65(69)75(71)79(63)83)64-44-46-72(76-66-38-16-18-42-70(66)84(74)80(64)76)82(60-36-22-34-58(48-60)54-27-9-4-10-28-54)78-52(2)24-20-40-62(78)56-31-13-6-14-32-56/h3-50H,1-2H3. The number of aryl methyl sites for hydroxylation is 2. The highest BCUT2D eigenvalue weighted by Crippen LogP contribution is 2.54. The van der Waals surface area contributed by atoms with Crippen LogP contribution in [0.3, 0.4) is 0 Å². The molecule has 0 aliphatic carbocycles. The minimum Gasteiger partial charge on any atom is -0.309 e. The second kappa shape index (κ2) is 18.8. The van der Waals surface area contributed by atoms with Gasteiger partial charge in [0.2, 0.25) is 0 Å². The molecule has 84 heavy (non-hydrogen) atoms. The fourth-order valence-corrected chi connectivity index (χ4v) is 14.1. The lowest BCUT2D eigenvalue weighted by molar-refractivity contribution is 1.26. The quantitative estimate of drug-likeness (QED) is 0.136. The van der Waals surface area contributed by atoms with Crippen LogP contribution < -0.4 is 9.80 Å². The first-order valence-corrected chi connectivity index (χ1v) is 29.1. The molecule has 0 saturated carbocycles. The third-order valence-corrected chi connectivity index (χ3v) is 17.8. The Balaban J connectivity index is 0.937. The van der Waals surface area contributed by atoms with Crippen LogP contribution >= 0.6 is 0 Å². The van der Waals surface area contributed by atoms with Gasteiger partial charge in [-0.3, -0.25) is 0 Å². The largest absolute Gasteiger partial charge is 0.309 e. The van der Waals surface area contributed by atoms with Crippen LogP contribution in [0.5, 0.6) is 0 Å². The molecule has 0 amide bonds. The molecule has 0 fully saturated rings. The van der Waals surface area contributed by atoms with Crippen LogP contribution in [0.15, 0.2) is 291 Å². The molecule has 0 spiro atoms. The first-order valence-electron chi connectivity index (χ1n) is 29.1. The summed E-state index contributed by atoms with van der Waals surface area (Å²) in [6.45, 7) is 4.52. The molecular weight excluding hydrogens is 1020 g/mol. The average molecular weight is 1070 g/mol. The van der Waals surface area contributed by atoms with Crippen molar-refractivity contribution in [1.29, 1.82) is 0 Å². The lowest BCUT2D eigenvalue weighted by Crippen LogP contribution is -2.13. The van der Waals surface area contributed by atoms with Crippen molar-refractivity contribution in [2.24, 2.45) is 0 Å². The highest BCUT2D eigenvalue weighted by Gasteiger charge is 2.30. The van der Waals surface area contributed by atoms with Crippen molar-refractivity contribution in [2.45, 2.75) is 13.8 Å². The highest BCUT2D eigenvalue weighted by molar-refractivity contribution is 6.32. The summed E-state index contributed by atoms with van der Waals surface area (Å²) in [7, 11) is 0. The SMILES string of the molecule is Cc1cccc(-c2ccccc2)c1N(c1cccc(-c2ccccc2)c1)c1ccc2c3cc4c(cc3n3c5ccccc5c1c23)c1ccc(N(c2cccc(-c3ccccc3)c2)c2c(C)cccc2-c2ccccc2)c2c3ccccc3n4c12. The average Bonchev–Trinajstić information content (AvgIpc) is 1.74. The Bertz CT molecular complexity index is 5050. The molecule has 4 aromatic heterocycles. The van der Waals surface area contributed by atoms with E-state index in [9.17, 15) is 0 Å². The van der Waals surface area contributed by atoms with Gasteiger partial charge >= 0.3 is 0 Å². The lowest BCUT2D eigenvalue weighted by Gasteiger charge is -2.30. The summed E-state index contributed by atoms with van der Waals surface area (Å²) in [6.07, 6.45) is 0. The molecule has 13 aromatic carbocycles. The summed E-state index contributed by atoms with van der Waals surface area (Å²) in [4.78, 5) is 5.08. The number of anilines is 6. The summed E-state index contributed by atoms with van der Waals surface area (Å²) in [6, 6.07) is 108. The molecular formula is C80H54N4. The Morgan fingerprint density at radius 1 is 0.250 bits per heavy atom. The monoisotopic (exact) mass is 1070 g/mol. The van der Waals surface area contributed by atoms with Crippen LogP contribution in [0, 0.1) is 13.8 Å². The van der Waals surface area contributed by atoms with E-state index < -0.39 is 0 Å². The minimum atomic E-state index is 1.10. The van der Waals surface area contributed by atoms with Gasteiger partial charge in [0.05, 0.1) is 55.8 Å². The number of rotatable bonds is 10. The third kappa shape index (κ3) is 7.14. The zero-order chi connectivity index (χ0) is 55.6. The predicted molar refractivity (Wildman–Crippen MR) is 356 cm³/mol. The first-order chi connectivity index (χ1) is 41.6. The maximum atomic E-state index is 2.57. The molecule has 17 aromatic rings. The Kier molecular flexibility index (Phi) is 10.7. The van der Waals surface area contributed by atoms with Gasteiger partial charge in [0.1, 0.15) is 0 Å². The number of nitrogens with zero attached hydrogens (tertiary/aromatic N) is 4. The molecule has 4 heteroatoms. The lowest BCUT2D eigenvalue weighted by atomic mass is 9.96. The van der Waals surface area contributed by atoms with Crippen LogP contribution in [0.2, 0.25) is 0 Å². The van der Waals surface area contributed by atoms with E-state index in [0.29, 0.717) is 0 Å². The summed E-state index contributed by atoms with van der Waals surface area (Å²) >= 11 is 0. The van der Waals surface area contributed by atoms with Crippen molar-refractivity contribution in [3.05, 3.63) is 302 Å². The zero-order valence-corrected chi connectivity index (χ0v) is 46.5. The minimum absolute atomic E-state index is 1.10. The van der Waals surface area contributed by atoms with E-state index in [1.807, 2.05) is 0 Å². The van der Waals surface area contributed by atoms with Crippen molar-refractivity contribution in [3.63, 3.8) is 0 Å². The Hall–Kier alpha value is -10.9. The molecule has 394 valence electrons. The summed E-state index contributed by atoms with van der Waals surface area (Å²) < 4.78 is 5.13. The van der Waals surface area contributed by atoms with Crippen LogP contribution in [0.1, 0.15) is 11.1 Å². The maximum absolute atomic E-state index is 2.57. The second-order valence-corrected chi connectivity index (χ2v) is 22.5. The van der Waals surface area contributed by atoms with Gasteiger partial charge in [-0.15, -0.1) is 0 Å². The number of aromatic nitrogens is 2. The molecule has 0 saturated heterocycles. The molecule has 0 radical (unpaired) electrons. The van der Waals surface area contributed by atoms with E-state index in [1.165, 1.54) is 132 Å². The van der Waals surface area contributed by atoms with Gasteiger partial charge in [0.15, 0.2) is 0 Å². The van der Waals surface area contributed by atoms with Gasteiger partial charge in [-0.1, -0.05) is 231 Å². The molecule has 0 unspecified atom stereocenters. The third-order valence-electron chi connectivity index (χ3n) is 17.8. The summed E-state index contributed by atoms with van der Waals surface area (Å²) in [5, 5.41) is 9.83. The van der Waals surface area contributed by atoms with E-state index in [4.69, 9.17) is 0 Å². The Labute approximate surface area is 486 Å². The fraction of sp³-hybridized carbons (Fsp3) is 0.0250. The highest BCUT2D eigenvalue weighted by atomic mass is 15.2. The van der Waals surface area contributed by atoms with E-state index in [2.05, 4.69) is 324 Å². The van der Waals surface area contributed by atoms with Crippen LogP contribution in [0.4, 0.5) is 34.1 Å². The molecule has 0 bridgehead atoms. The number of benzene rings is 13. The summed E-state index contributed by atoms with van der Waals surface area (Å²) in [5.41, 5.74) is 25.9.